The minimum atomic E-state index is -0.283. The van der Waals surface area contributed by atoms with Crippen molar-refractivity contribution < 1.29 is 14.4 Å². The van der Waals surface area contributed by atoms with Crippen LogP contribution in [0.15, 0.2) is 48.5 Å². The second-order valence-corrected chi connectivity index (χ2v) is 5.83. The van der Waals surface area contributed by atoms with E-state index < -0.39 is 0 Å². The quantitative estimate of drug-likeness (QED) is 0.861. The standard InChI is InChI=1S/C19H18N2O3/c1-13-6-4-7-14(12-13)20-17(22)10-5-11-21-18(23)15-8-2-3-9-16(15)19(21)24/h2-4,6-9,12H,5,10-11H2,1H3,(H,20,22). The van der Waals surface area contributed by atoms with Gasteiger partial charge < -0.3 is 5.32 Å². The number of rotatable bonds is 5. The topological polar surface area (TPSA) is 66.5 Å². The Morgan fingerprint density at radius 3 is 2.29 bits per heavy atom. The highest BCUT2D eigenvalue weighted by molar-refractivity contribution is 6.21. The highest BCUT2D eigenvalue weighted by atomic mass is 16.2. The number of hydrogen-bond donors (Lipinski definition) is 1. The van der Waals surface area contributed by atoms with Gasteiger partial charge in [0.2, 0.25) is 5.91 Å². The fraction of sp³-hybridized carbons (Fsp3) is 0.211. The van der Waals surface area contributed by atoms with Crippen molar-refractivity contribution in [3.8, 4) is 0 Å². The maximum absolute atomic E-state index is 12.2. The first-order valence-corrected chi connectivity index (χ1v) is 7.88. The number of amides is 3. The van der Waals surface area contributed by atoms with Crippen LogP contribution in [0.25, 0.3) is 0 Å². The van der Waals surface area contributed by atoms with Crippen molar-refractivity contribution in [2.45, 2.75) is 19.8 Å². The van der Waals surface area contributed by atoms with Gasteiger partial charge in [0.05, 0.1) is 11.1 Å². The maximum Gasteiger partial charge on any atom is 0.261 e. The molecule has 0 atom stereocenters. The summed E-state index contributed by atoms with van der Waals surface area (Å²) in [7, 11) is 0. The predicted molar refractivity (Wildman–Crippen MR) is 90.9 cm³/mol. The molecule has 0 radical (unpaired) electrons. The van der Waals surface area contributed by atoms with Gasteiger partial charge in [-0.15, -0.1) is 0 Å². The number of imide groups is 1. The van der Waals surface area contributed by atoms with E-state index in [4.69, 9.17) is 0 Å². The summed E-state index contributed by atoms with van der Waals surface area (Å²) in [4.78, 5) is 37.6. The van der Waals surface area contributed by atoms with E-state index in [2.05, 4.69) is 5.32 Å². The van der Waals surface area contributed by atoms with Crippen molar-refractivity contribution in [1.29, 1.82) is 0 Å². The van der Waals surface area contributed by atoms with E-state index >= 15 is 0 Å². The van der Waals surface area contributed by atoms with Crippen LogP contribution in [0.2, 0.25) is 0 Å². The van der Waals surface area contributed by atoms with Gasteiger partial charge in [0, 0.05) is 18.7 Å². The molecule has 0 spiro atoms. The number of fused-ring (bicyclic) bond motifs is 1. The summed E-state index contributed by atoms with van der Waals surface area (Å²) in [5, 5.41) is 2.82. The molecular formula is C19H18N2O3. The number of carbonyl (C=O) groups is 3. The lowest BCUT2D eigenvalue weighted by atomic mass is 10.1. The summed E-state index contributed by atoms with van der Waals surface area (Å²) in [6, 6.07) is 14.3. The van der Waals surface area contributed by atoms with Gasteiger partial charge in [-0.2, -0.15) is 0 Å². The Hall–Kier alpha value is -2.95. The van der Waals surface area contributed by atoms with E-state index in [1.807, 2.05) is 31.2 Å². The average molecular weight is 322 g/mol. The van der Waals surface area contributed by atoms with Crippen LogP contribution < -0.4 is 5.32 Å². The highest BCUT2D eigenvalue weighted by Crippen LogP contribution is 2.22. The molecule has 1 N–H and O–H groups in total. The highest BCUT2D eigenvalue weighted by Gasteiger charge is 2.34. The summed E-state index contributed by atoms with van der Waals surface area (Å²) >= 11 is 0. The number of anilines is 1. The van der Waals surface area contributed by atoms with Gasteiger partial charge in [0.15, 0.2) is 0 Å². The van der Waals surface area contributed by atoms with Gasteiger partial charge in [-0.1, -0.05) is 24.3 Å². The van der Waals surface area contributed by atoms with E-state index in [-0.39, 0.29) is 30.7 Å². The molecule has 2 aromatic rings. The van der Waals surface area contributed by atoms with Gasteiger partial charge in [-0.3, -0.25) is 19.3 Å². The number of aryl methyl sites for hydroxylation is 1. The lowest BCUT2D eigenvalue weighted by Gasteiger charge is -2.13. The molecule has 0 fully saturated rings. The summed E-state index contributed by atoms with van der Waals surface area (Å²) in [6.07, 6.45) is 0.685. The van der Waals surface area contributed by atoms with Crippen LogP contribution in [-0.2, 0) is 4.79 Å². The molecule has 0 saturated carbocycles. The van der Waals surface area contributed by atoms with Crippen LogP contribution in [-0.4, -0.2) is 29.2 Å². The first kappa shape index (κ1) is 15.9. The fourth-order valence-corrected chi connectivity index (χ4v) is 2.79. The molecule has 5 nitrogen and oxygen atoms in total. The lowest BCUT2D eigenvalue weighted by molar-refractivity contribution is -0.116. The molecule has 5 heteroatoms. The van der Waals surface area contributed by atoms with Crippen molar-refractivity contribution in [3.05, 3.63) is 65.2 Å². The Morgan fingerprint density at radius 1 is 1.00 bits per heavy atom. The Morgan fingerprint density at radius 2 is 1.67 bits per heavy atom. The van der Waals surface area contributed by atoms with Gasteiger partial charge in [-0.05, 0) is 43.2 Å². The molecule has 1 heterocycles. The number of nitrogens with one attached hydrogen (secondary N) is 1. The molecule has 2 aromatic carbocycles. The number of benzene rings is 2. The third-order valence-electron chi connectivity index (χ3n) is 3.97. The third-order valence-corrected chi connectivity index (χ3v) is 3.97. The zero-order valence-electron chi connectivity index (χ0n) is 13.4. The number of carbonyl (C=O) groups excluding carboxylic acids is 3. The first-order chi connectivity index (χ1) is 11.6. The third kappa shape index (κ3) is 3.20. The molecule has 0 aromatic heterocycles. The molecule has 24 heavy (non-hydrogen) atoms. The first-order valence-electron chi connectivity index (χ1n) is 7.88. The van der Waals surface area contributed by atoms with Gasteiger partial charge in [-0.25, -0.2) is 0 Å². The number of nitrogens with zero attached hydrogens (tertiary/aromatic N) is 1. The molecule has 0 unspecified atom stereocenters. The SMILES string of the molecule is Cc1cccc(NC(=O)CCCN2C(=O)c3ccccc3C2=O)c1. The molecule has 1 aliphatic rings. The van der Waals surface area contributed by atoms with Crippen molar-refractivity contribution in [3.63, 3.8) is 0 Å². The van der Waals surface area contributed by atoms with Crippen molar-refractivity contribution in [2.24, 2.45) is 0 Å². The maximum atomic E-state index is 12.2. The Balaban J connectivity index is 1.53. The van der Waals surface area contributed by atoms with Crippen molar-refractivity contribution in [1.82, 2.24) is 4.90 Å². The molecule has 0 bridgehead atoms. The fourth-order valence-electron chi connectivity index (χ4n) is 2.79. The van der Waals surface area contributed by atoms with Crippen LogP contribution in [0.4, 0.5) is 5.69 Å². The monoisotopic (exact) mass is 322 g/mol. The molecule has 1 aliphatic heterocycles. The van der Waals surface area contributed by atoms with E-state index in [9.17, 15) is 14.4 Å². The van der Waals surface area contributed by atoms with Crippen molar-refractivity contribution >= 4 is 23.4 Å². The molecule has 3 rings (SSSR count). The minimum Gasteiger partial charge on any atom is -0.326 e. The molecule has 3 amide bonds. The van der Waals surface area contributed by atoms with Crippen molar-refractivity contribution in [2.75, 3.05) is 11.9 Å². The smallest absolute Gasteiger partial charge is 0.261 e. The second kappa shape index (κ2) is 6.66. The van der Waals surface area contributed by atoms with Gasteiger partial charge in [0.25, 0.3) is 11.8 Å². The average Bonchev–Trinajstić information content (AvgIpc) is 2.80. The Kier molecular flexibility index (Phi) is 4.42. The molecule has 0 saturated heterocycles. The second-order valence-electron chi connectivity index (χ2n) is 5.83. The van der Waals surface area contributed by atoms with E-state index in [1.165, 1.54) is 4.90 Å². The normalized spacial score (nSPS) is 13.1. The largest absolute Gasteiger partial charge is 0.326 e. The Labute approximate surface area is 140 Å². The Bertz CT molecular complexity index is 779. The minimum absolute atomic E-state index is 0.128. The van der Waals surface area contributed by atoms with Crippen LogP contribution in [0.3, 0.4) is 0 Å². The van der Waals surface area contributed by atoms with E-state index in [0.717, 1.165) is 11.3 Å². The molecular weight excluding hydrogens is 304 g/mol. The van der Waals surface area contributed by atoms with Crippen LogP contribution >= 0.6 is 0 Å². The van der Waals surface area contributed by atoms with E-state index in [1.54, 1.807) is 24.3 Å². The summed E-state index contributed by atoms with van der Waals surface area (Å²) in [6.45, 7) is 2.20. The zero-order chi connectivity index (χ0) is 17.1. The lowest BCUT2D eigenvalue weighted by Crippen LogP contribution is -2.31. The van der Waals surface area contributed by atoms with Crippen LogP contribution in [0, 0.1) is 6.92 Å². The van der Waals surface area contributed by atoms with Crippen LogP contribution in [0.5, 0.6) is 0 Å². The molecule has 0 aliphatic carbocycles. The van der Waals surface area contributed by atoms with E-state index in [0.29, 0.717) is 17.5 Å². The van der Waals surface area contributed by atoms with Gasteiger partial charge >= 0.3 is 0 Å². The summed E-state index contributed by atoms with van der Waals surface area (Å²) in [5.74, 6) is -0.693. The number of hydrogen-bond acceptors (Lipinski definition) is 3. The van der Waals surface area contributed by atoms with Gasteiger partial charge in [0.1, 0.15) is 0 Å². The summed E-state index contributed by atoms with van der Waals surface area (Å²) in [5.41, 5.74) is 2.69. The zero-order valence-corrected chi connectivity index (χ0v) is 13.4. The predicted octanol–water partition coefficient (Wildman–Crippen LogP) is 3.01. The summed E-state index contributed by atoms with van der Waals surface area (Å²) < 4.78 is 0. The molecule has 122 valence electrons. The van der Waals surface area contributed by atoms with Crippen LogP contribution in [0.1, 0.15) is 39.1 Å².